The zero-order chi connectivity index (χ0) is 16.3. The smallest absolute Gasteiger partial charge is 0.271 e. The summed E-state index contributed by atoms with van der Waals surface area (Å²) < 4.78 is 1.55. The summed E-state index contributed by atoms with van der Waals surface area (Å²) >= 11 is 11.7. The summed E-state index contributed by atoms with van der Waals surface area (Å²) in [5.41, 5.74) is 6.52. The highest BCUT2D eigenvalue weighted by atomic mass is 35.5. The van der Waals surface area contributed by atoms with Crippen molar-refractivity contribution in [1.29, 1.82) is 0 Å². The van der Waals surface area contributed by atoms with Crippen LogP contribution in [-0.2, 0) is 11.3 Å². The fourth-order valence-electron chi connectivity index (χ4n) is 1.88. The van der Waals surface area contributed by atoms with Crippen LogP contribution in [0.25, 0.3) is 0 Å². The van der Waals surface area contributed by atoms with Crippen molar-refractivity contribution in [3.8, 4) is 0 Å². The van der Waals surface area contributed by atoms with E-state index < -0.39 is 11.8 Å². The standard InChI is InChI=1S/C14H14Cl2N4O2/c1-8-5-9(2)20(19-8)7-13(21)17-18-14(22)11-4-3-10(15)6-12(11)16/h3-6H,7H2,1-2H3,(H,17,21)(H,18,22). The van der Waals surface area contributed by atoms with E-state index in [1.807, 2.05) is 19.9 Å². The lowest BCUT2D eigenvalue weighted by Gasteiger charge is -2.09. The molecule has 0 atom stereocenters. The van der Waals surface area contributed by atoms with Gasteiger partial charge in [0.2, 0.25) is 0 Å². The Morgan fingerprint density at radius 1 is 1.18 bits per heavy atom. The second kappa shape index (κ2) is 6.81. The van der Waals surface area contributed by atoms with Crippen LogP contribution in [0.15, 0.2) is 24.3 Å². The van der Waals surface area contributed by atoms with Gasteiger partial charge in [-0.25, -0.2) is 0 Å². The number of hydrogen-bond donors (Lipinski definition) is 2. The van der Waals surface area contributed by atoms with Crippen molar-refractivity contribution in [3.63, 3.8) is 0 Å². The summed E-state index contributed by atoms with van der Waals surface area (Å²) in [5.74, 6) is -0.923. The minimum atomic E-state index is -0.525. The van der Waals surface area contributed by atoms with Gasteiger partial charge in [0.15, 0.2) is 0 Å². The van der Waals surface area contributed by atoms with Gasteiger partial charge in [-0.05, 0) is 38.1 Å². The van der Waals surface area contributed by atoms with Gasteiger partial charge in [0.25, 0.3) is 11.8 Å². The van der Waals surface area contributed by atoms with Gasteiger partial charge in [-0.15, -0.1) is 0 Å². The number of benzene rings is 1. The second-order valence-corrected chi connectivity index (χ2v) is 5.55. The maximum atomic E-state index is 11.9. The molecule has 0 radical (unpaired) electrons. The van der Waals surface area contributed by atoms with Crippen molar-refractivity contribution in [2.75, 3.05) is 0 Å². The number of amides is 2. The van der Waals surface area contributed by atoms with Crippen LogP contribution in [0.3, 0.4) is 0 Å². The molecule has 0 aliphatic carbocycles. The molecule has 0 aliphatic rings. The van der Waals surface area contributed by atoms with Crippen LogP contribution in [0.1, 0.15) is 21.7 Å². The summed E-state index contributed by atoms with van der Waals surface area (Å²) in [5, 5.41) is 4.80. The largest absolute Gasteiger partial charge is 0.271 e. The molecule has 1 aromatic carbocycles. The van der Waals surface area contributed by atoms with Crippen molar-refractivity contribution < 1.29 is 9.59 Å². The first-order valence-electron chi connectivity index (χ1n) is 6.42. The minimum absolute atomic E-state index is 0.00824. The molecule has 0 spiro atoms. The number of hydrazine groups is 1. The fraction of sp³-hybridized carbons (Fsp3) is 0.214. The number of aryl methyl sites for hydroxylation is 2. The Bertz CT molecular complexity index is 728. The van der Waals surface area contributed by atoms with Crippen molar-refractivity contribution >= 4 is 35.0 Å². The zero-order valence-electron chi connectivity index (χ0n) is 12.0. The van der Waals surface area contributed by atoms with Gasteiger partial charge in [-0.2, -0.15) is 5.10 Å². The van der Waals surface area contributed by atoms with Crippen LogP contribution < -0.4 is 10.9 Å². The highest BCUT2D eigenvalue weighted by Crippen LogP contribution is 2.20. The first kappa shape index (κ1) is 16.3. The maximum absolute atomic E-state index is 11.9. The third kappa shape index (κ3) is 3.99. The molecule has 2 aromatic rings. The molecule has 1 heterocycles. The molecule has 2 N–H and O–H groups in total. The number of hydrogen-bond acceptors (Lipinski definition) is 3. The molecule has 0 fully saturated rings. The first-order chi connectivity index (χ1) is 10.4. The van der Waals surface area contributed by atoms with Crippen molar-refractivity contribution in [1.82, 2.24) is 20.6 Å². The van der Waals surface area contributed by atoms with Gasteiger partial charge < -0.3 is 0 Å². The van der Waals surface area contributed by atoms with Gasteiger partial charge >= 0.3 is 0 Å². The summed E-state index contributed by atoms with van der Waals surface area (Å²) in [6.07, 6.45) is 0. The molecule has 0 unspecified atom stereocenters. The Morgan fingerprint density at radius 2 is 1.91 bits per heavy atom. The molecular weight excluding hydrogens is 327 g/mol. The number of nitrogens with zero attached hydrogens (tertiary/aromatic N) is 2. The molecule has 116 valence electrons. The molecule has 0 bridgehead atoms. The van der Waals surface area contributed by atoms with Crippen molar-refractivity contribution in [2.24, 2.45) is 0 Å². The van der Waals surface area contributed by atoms with Gasteiger partial charge in [-0.1, -0.05) is 23.2 Å². The average Bonchev–Trinajstić information content (AvgIpc) is 2.74. The van der Waals surface area contributed by atoms with Gasteiger partial charge in [0.05, 0.1) is 16.3 Å². The Labute approximate surface area is 137 Å². The first-order valence-corrected chi connectivity index (χ1v) is 7.17. The lowest BCUT2D eigenvalue weighted by Crippen LogP contribution is -2.43. The van der Waals surface area contributed by atoms with Crippen molar-refractivity contribution in [3.05, 3.63) is 51.3 Å². The van der Waals surface area contributed by atoms with Crippen molar-refractivity contribution in [2.45, 2.75) is 20.4 Å². The summed E-state index contributed by atoms with van der Waals surface area (Å²) in [7, 11) is 0. The molecule has 8 heteroatoms. The zero-order valence-corrected chi connectivity index (χ0v) is 13.5. The van der Waals surface area contributed by atoms with Gasteiger partial charge in [0, 0.05) is 10.7 Å². The van der Waals surface area contributed by atoms with Crippen LogP contribution in [0.2, 0.25) is 10.0 Å². The van der Waals surface area contributed by atoms with Crippen LogP contribution in [-0.4, -0.2) is 21.6 Å². The minimum Gasteiger partial charge on any atom is -0.271 e. The molecule has 0 aliphatic heterocycles. The molecular formula is C14H14Cl2N4O2. The van der Waals surface area contributed by atoms with E-state index in [1.165, 1.54) is 12.1 Å². The van der Waals surface area contributed by atoms with E-state index in [4.69, 9.17) is 23.2 Å². The Morgan fingerprint density at radius 3 is 2.50 bits per heavy atom. The fourth-order valence-corrected chi connectivity index (χ4v) is 2.37. The van der Waals surface area contributed by atoms with Gasteiger partial charge in [-0.3, -0.25) is 25.1 Å². The molecule has 0 saturated carbocycles. The van der Waals surface area contributed by atoms with Crippen LogP contribution in [0.4, 0.5) is 0 Å². The quantitative estimate of drug-likeness (QED) is 0.841. The van der Waals surface area contributed by atoms with Crippen LogP contribution >= 0.6 is 23.2 Å². The number of carbonyl (C=O) groups is 2. The Kier molecular flexibility index (Phi) is 5.05. The van der Waals surface area contributed by atoms with E-state index in [2.05, 4.69) is 16.0 Å². The number of carbonyl (C=O) groups excluding carboxylic acids is 2. The second-order valence-electron chi connectivity index (χ2n) is 4.71. The predicted molar refractivity (Wildman–Crippen MR) is 83.8 cm³/mol. The third-order valence-corrected chi connectivity index (χ3v) is 3.44. The molecule has 2 rings (SSSR count). The van der Waals surface area contributed by atoms with Crippen LogP contribution in [0, 0.1) is 13.8 Å². The number of nitrogens with one attached hydrogen (secondary N) is 2. The summed E-state index contributed by atoms with van der Waals surface area (Å²) in [6.45, 7) is 3.69. The third-order valence-electron chi connectivity index (χ3n) is 2.89. The molecule has 1 aromatic heterocycles. The molecule has 6 nitrogen and oxygen atoms in total. The summed E-state index contributed by atoms with van der Waals surface area (Å²) in [6, 6.07) is 6.34. The Hall–Kier alpha value is -2.05. The SMILES string of the molecule is Cc1cc(C)n(CC(=O)NNC(=O)c2ccc(Cl)cc2Cl)n1. The van der Waals surface area contributed by atoms with Gasteiger partial charge in [0.1, 0.15) is 6.54 Å². The van der Waals surface area contributed by atoms with E-state index in [-0.39, 0.29) is 17.1 Å². The van der Waals surface area contributed by atoms with E-state index in [1.54, 1.807) is 10.7 Å². The topological polar surface area (TPSA) is 76.0 Å². The number of aromatic nitrogens is 2. The maximum Gasteiger partial charge on any atom is 0.271 e. The molecule has 2 amide bonds. The van der Waals surface area contributed by atoms with E-state index in [0.29, 0.717) is 5.02 Å². The molecule has 0 saturated heterocycles. The monoisotopic (exact) mass is 340 g/mol. The van der Waals surface area contributed by atoms with Crippen LogP contribution in [0.5, 0.6) is 0 Å². The highest BCUT2D eigenvalue weighted by molar-refractivity contribution is 6.36. The molecule has 22 heavy (non-hydrogen) atoms. The predicted octanol–water partition coefficient (Wildman–Crippen LogP) is 2.27. The van der Waals surface area contributed by atoms with E-state index in [0.717, 1.165) is 11.4 Å². The Balaban J connectivity index is 1.93. The summed E-state index contributed by atoms with van der Waals surface area (Å²) in [4.78, 5) is 23.7. The van der Waals surface area contributed by atoms with E-state index in [9.17, 15) is 9.59 Å². The lowest BCUT2D eigenvalue weighted by atomic mass is 10.2. The lowest BCUT2D eigenvalue weighted by molar-refractivity contribution is -0.122. The normalized spacial score (nSPS) is 10.4. The highest BCUT2D eigenvalue weighted by Gasteiger charge is 2.12. The number of rotatable bonds is 3. The van der Waals surface area contributed by atoms with E-state index >= 15 is 0 Å². The average molecular weight is 341 g/mol. The number of halogens is 2.